The van der Waals surface area contributed by atoms with Crippen LogP contribution in [0.2, 0.25) is 0 Å². The maximum absolute atomic E-state index is 12.2. The zero-order valence-electron chi connectivity index (χ0n) is 12.6. The highest BCUT2D eigenvalue weighted by Crippen LogP contribution is 2.32. The lowest BCUT2D eigenvalue weighted by Gasteiger charge is -2.23. The van der Waals surface area contributed by atoms with Crippen molar-refractivity contribution in [1.82, 2.24) is 19.7 Å². The van der Waals surface area contributed by atoms with Gasteiger partial charge in [-0.2, -0.15) is 21.8 Å². The summed E-state index contributed by atoms with van der Waals surface area (Å²) in [6.45, 7) is 2.14. The molecule has 0 aliphatic heterocycles. The molecular weight excluding hydrogens is 290 g/mol. The van der Waals surface area contributed by atoms with Gasteiger partial charge in [-0.3, -0.25) is 14.9 Å². The molecule has 1 aliphatic rings. The van der Waals surface area contributed by atoms with Crippen LogP contribution >= 0.6 is 11.8 Å². The number of carbonyl (C=O) groups excluding carboxylic acids is 2. The molecular formula is C13H21N5O2S. The molecule has 2 atom stereocenters. The van der Waals surface area contributed by atoms with Gasteiger partial charge in [0.15, 0.2) is 0 Å². The van der Waals surface area contributed by atoms with E-state index in [1.807, 2.05) is 11.8 Å². The lowest BCUT2D eigenvalue weighted by atomic mass is 10.2. The number of thioether (sulfide) groups is 1. The summed E-state index contributed by atoms with van der Waals surface area (Å²) >= 11 is 1.93. The first-order chi connectivity index (χ1) is 10.0. The fraction of sp³-hybridized carbons (Fsp3) is 0.692. The van der Waals surface area contributed by atoms with E-state index in [0.717, 1.165) is 25.0 Å². The Morgan fingerprint density at radius 2 is 2.29 bits per heavy atom. The molecule has 0 aromatic carbocycles. The number of nitrogens with zero attached hydrogens (tertiary/aromatic N) is 4. The van der Waals surface area contributed by atoms with Gasteiger partial charge in [0.05, 0.1) is 0 Å². The van der Waals surface area contributed by atoms with Crippen molar-refractivity contribution in [2.45, 2.75) is 37.5 Å². The van der Waals surface area contributed by atoms with Gasteiger partial charge in [0, 0.05) is 25.4 Å². The first kappa shape index (κ1) is 15.8. The molecule has 1 N–H and O–H groups in total. The minimum absolute atomic E-state index is 0.145. The molecule has 0 unspecified atom stereocenters. The van der Waals surface area contributed by atoms with Crippen LogP contribution in [-0.2, 0) is 16.6 Å². The maximum atomic E-state index is 12.2. The zero-order valence-corrected chi connectivity index (χ0v) is 13.4. The molecule has 1 heterocycles. The largest absolute Gasteiger partial charge is 0.334 e. The lowest BCUT2D eigenvalue weighted by Crippen LogP contribution is -2.42. The van der Waals surface area contributed by atoms with Crippen molar-refractivity contribution < 1.29 is 9.59 Å². The quantitative estimate of drug-likeness (QED) is 0.835. The average Bonchev–Trinajstić information content (AvgIpc) is 3.08. The average molecular weight is 311 g/mol. The normalized spacial score (nSPS) is 21.3. The van der Waals surface area contributed by atoms with Gasteiger partial charge < -0.3 is 4.90 Å². The molecule has 2 amide bonds. The van der Waals surface area contributed by atoms with Gasteiger partial charge in [0.1, 0.15) is 6.33 Å². The third kappa shape index (κ3) is 3.75. The Labute approximate surface area is 128 Å². The van der Waals surface area contributed by atoms with E-state index >= 15 is 0 Å². The molecule has 21 heavy (non-hydrogen) atoms. The molecule has 1 aromatic rings. The molecule has 1 aromatic heterocycles. The molecule has 116 valence electrons. The van der Waals surface area contributed by atoms with Crippen molar-refractivity contribution >= 4 is 29.5 Å². The summed E-state index contributed by atoms with van der Waals surface area (Å²) in [6, 6.07) is 0.145. The third-order valence-corrected chi connectivity index (χ3v) is 4.99. The number of rotatable bonds is 4. The number of hydrogen-bond acceptors (Lipinski definition) is 5. The Morgan fingerprint density at radius 3 is 2.90 bits per heavy atom. The third-order valence-electron chi connectivity index (χ3n) is 3.76. The molecule has 0 saturated heterocycles. The number of anilines is 1. The van der Waals surface area contributed by atoms with Crippen molar-refractivity contribution in [3.05, 3.63) is 6.33 Å². The van der Waals surface area contributed by atoms with E-state index in [9.17, 15) is 9.59 Å². The van der Waals surface area contributed by atoms with Gasteiger partial charge in [-0.05, 0) is 25.0 Å². The first-order valence-electron chi connectivity index (χ1n) is 7.06. The summed E-state index contributed by atoms with van der Waals surface area (Å²) in [7, 11) is 3.35. The topological polar surface area (TPSA) is 80.1 Å². The van der Waals surface area contributed by atoms with Gasteiger partial charge in [0.2, 0.25) is 5.95 Å². The number of carbonyl (C=O) groups is 2. The van der Waals surface area contributed by atoms with Crippen molar-refractivity contribution in [2.24, 2.45) is 7.05 Å². The monoisotopic (exact) mass is 311 g/mol. The second-order valence-electron chi connectivity index (χ2n) is 5.12. The first-order valence-corrected chi connectivity index (χ1v) is 8.11. The van der Waals surface area contributed by atoms with Crippen molar-refractivity contribution in [1.29, 1.82) is 0 Å². The predicted octanol–water partition coefficient (Wildman–Crippen LogP) is 0.886. The summed E-state index contributed by atoms with van der Waals surface area (Å²) < 4.78 is 1.41. The van der Waals surface area contributed by atoms with Crippen molar-refractivity contribution in [3.8, 4) is 0 Å². The highest BCUT2D eigenvalue weighted by atomic mass is 32.2. The Hall–Kier alpha value is -1.57. The van der Waals surface area contributed by atoms with E-state index in [-0.39, 0.29) is 12.0 Å². The van der Waals surface area contributed by atoms with E-state index in [1.54, 1.807) is 19.0 Å². The summed E-state index contributed by atoms with van der Waals surface area (Å²) in [5.74, 6) is 0.166. The molecule has 7 nitrogen and oxygen atoms in total. The summed E-state index contributed by atoms with van der Waals surface area (Å²) in [6.07, 6.45) is 4.34. The fourth-order valence-electron chi connectivity index (χ4n) is 2.55. The van der Waals surface area contributed by atoms with Crippen molar-refractivity contribution in [2.75, 3.05) is 18.1 Å². The van der Waals surface area contributed by atoms with Gasteiger partial charge in [0.25, 0.3) is 0 Å². The molecule has 1 saturated carbocycles. The molecule has 1 fully saturated rings. The van der Waals surface area contributed by atoms with Gasteiger partial charge in [-0.1, -0.05) is 6.92 Å². The smallest absolute Gasteiger partial charge is 0.316 e. The van der Waals surface area contributed by atoms with Crippen LogP contribution in [0.1, 0.15) is 26.2 Å². The summed E-state index contributed by atoms with van der Waals surface area (Å²) in [4.78, 5) is 29.6. The lowest BCUT2D eigenvalue weighted by molar-refractivity contribution is -0.143. The maximum Gasteiger partial charge on any atom is 0.316 e. The predicted molar refractivity (Wildman–Crippen MR) is 82.0 cm³/mol. The molecule has 0 radical (unpaired) electrons. The fourth-order valence-corrected chi connectivity index (χ4v) is 3.68. The van der Waals surface area contributed by atoms with E-state index in [0.29, 0.717) is 5.25 Å². The number of likely N-dealkylation sites (N-methyl/N-ethyl adjacent to an activating group) is 1. The Balaban J connectivity index is 1.90. The molecule has 1 aliphatic carbocycles. The highest BCUT2D eigenvalue weighted by molar-refractivity contribution is 7.99. The number of hydrogen-bond donors (Lipinski definition) is 1. The molecule has 8 heteroatoms. The van der Waals surface area contributed by atoms with Crippen LogP contribution in [0.4, 0.5) is 5.95 Å². The van der Waals surface area contributed by atoms with Gasteiger partial charge >= 0.3 is 11.8 Å². The van der Waals surface area contributed by atoms with Crippen LogP contribution in [0.3, 0.4) is 0 Å². The van der Waals surface area contributed by atoms with Crippen LogP contribution in [0, 0.1) is 0 Å². The second-order valence-corrected chi connectivity index (χ2v) is 6.70. The Bertz CT molecular complexity index is 518. The Morgan fingerprint density at radius 1 is 1.52 bits per heavy atom. The second kappa shape index (κ2) is 6.93. The van der Waals surface area contributed by atoms with E-state index in [2.05, 4.69) is 22.3 Å². The number of aromatic nitrogens is 3. The molecule has 2 rings (SSSR count). The summed E-state index contributed by atoms with van der Waals surface area (Å²) in [5, 5.41) is 6.92. The number of nitrogens with one attached hydrogen (secondary N) is 1. The minimum atomic E-state index is -0.666. The molecule has 0 spiro atoms. The SMILES string of the molecule is CCS[C@@H]1CC[C@H](N(C)C(=O)C(=O)Nc2ncnn2C)C1. The van der Waals surface area contributed by atoms with Gasteiger partial charge in [-0.25, -0.2) is 4.68 Å². The summed E-state index contributed by atoms with van der Waals surface area (Å²) in [5.41, 5.74) is 0. The highest BCUT2D eigenvalue weighted by Gasteiger charge is 2.32. The van der Waals surface area contributed by atoms with Crippen LogP contribution in [0.15, 0.2) is 6.33 Å². The Kier molecular flexibility index (Phi) is 5.22. The van der Waals surface area contributed by atoms with Crippen molar-refractivity contribution in [3.63, 3.8) is 0 Å². The van der Waals surface area contributed by atoms with E-state index < -0.39 is 11.8 Å². The van der Waals surface area contributed by atoms with E-state index in [4.69, 9.17) is 0 Å². The van der Waals surface area contributed by atoms with Crippen LogP contribution in [-0.4, -0.2) is 55.6 Å². The van der Waals surface area contributed by atoms with E-state index in [1.165, 1.54) is 11.0 Å². The van der Waals surface area contributed by atoms with Crippen LogP contribution < -0.4 is 5.32 Å². The zero-order chi connectivity index (χ0) is 15.4. The van der Waals surface area contributed by atoms with Gasteiger partial charge in [-0.15, -0.1) is 0 Å². The molecule has 0 bridgehead atoms. The van der Waals surface area contributed by atoms with Crippen LogP contribution in [0.5, 0.6) is 0 Å². The standard InChI is InChI=1S/C13H21N5O2S/c1-4-21-10-6-5-9(7-10)17(2)12(20)11(19)16-13-14-8-15-18(13)3/h8-10H,4-7H2,1-3H3,(H,14,15,16,19)/t9-,10+/m0/s1. The minimum Gasteiger partial charge on any atom is -0.334 e. The number of aryl methyl sites for hydroxylation is 1. The van der Waals surface area contributed by atoms with Crippen LogP contribution in [0.25, 0.3) is 0 Å². The number of amides is 2.